The molecule has 0 bridgehead atoms. The monoisotopic (exact) mass is 404 g/mol. The first-order valence-corrected chi connectivity index (χ1v) is 7.73. The predicted molar refractivity (Wildman–Crippen MR) is 93.6 cm³/mol. The third kappa shape index (κ3) is 3.86. The molecule has 0 aliphatic carbocycles. The Morgan fingerprint density at radius 1 is 1.04 bits per heavy atom. The van der Waals surface area contributed by atoms with E-state index >= 15 is 0 Å². The van der Waals surface area contributed by atoms with E-state index in [2.05, 4.69) is 41.5 Å². The molecule has 2 aromatic heterocycles. The van der Waals surface area contributed by atoms with E-state index in [0.717, 1.165) is 10.8 Å². The number of halogens is 2. The number of aromatic nitrogens is 3. The van der Waals surface area contributed by atoms with Crippen LogP contribution in [0.2, 0.25) is 0 Å². The molecule has 0 aliphatic heterocycles. The van der Waals surface area contributed by atoms with Gasteiger partial charge in [-0.05, 0) is 40.2 Å². The molecule has 3 rings (SSSR count). The minimum absolute atomic E-state index is 0.0614. The first kappa shape index (κ1) is 16.7. The van der Waals surface area contributed by atoms with Crippen molar-refractivity contribution < 1.29 is 9.31 Å². The van der Waals surface area contributed by atoms with Gasteiger partial charge in [0.15, 0.2) is 0 Å². The molecule has 0 spiro atoms. The van der Waals surface area contributed by atoms with Gasteiger partial charge in [0.2, 0.25) is 11.6 Å². The third-order valence-corrected chi connectivity index (χ3v) is 3.57. The Morgan fingerprint density at radius 2 is 1.76 bits per heavy atom. The number of rotatable bonds is 5. The highest BCUT2D eigenvalue weighted by molar-refractivity contribution is 9.10. The quantitative estimate of drug-likeness (QED) is 0.485. The lowest BCUT2D eigenvalue weighted by atomic mass is 10.3. The lowest BCUT2D eigenvalue weighted by molar-refractivity contribution is -0.383. The zero-order valence-electron chi connectivity index (χ0n) is 12.5. The number of hydrogen-bond acceptors (Lipinski definition) is 7. The van der Waals surface area contributed by atoms with E-state index in [1.54, 1.807) is 18.2 Å². The van der Waals surface area contributed by atoms with E-state index in [1.807, 2.05) is 0 Å². The van der Waals surface area contributed by atoms with Crippen molar-refractivity contribution in [3.8, 4) is 0 Å². The average Bonchev–Trinajstić information content (AvgIpc) is 2.59. The van der Waals surface area contributed by atoms with E-state index < -0.39 is 16.4 Å². The molecule has 0 saturated heterocycles. The van der Waals surface area contributed by atoms with Gasteiger partial charge >= 0.3 is 5.69 Å². The topological polar surface area (TPSA) is 106 Å². The molecule has 0 aliphatic rings. The van der Waals surface area contributed by atoms with Gasteiger partial charge in [-0.2, -0.15) is 0 Å². The van der Waals surface area contributed by atoms with Crippen LogP contribution in [0.5, 0.6) is 0 Å². The fraction of sp³-hybridized carbons (Fsp3) is 0. The van der Waals surface area contributed by atoms with Crippen LogP contribution < -0.4 is 10.6 Å². The normalized spacial score (nSPS) is 10.3. The maximum atomic E-state index is 13.8. The number of benzene rings is 1. The van der Waals surface area contributed by atoms with Crippen LogP contribution in [0.3, 0.4) is 0 Å². The van der Waals surface area contributed by atoms with E-state index in [-0.39, 0.29) is 17.3 Å². The number of anilines is 4. The molecule has 1 aromatic carbocycles. The van der Waals surface area contributed by atoms with Gasteiger partial charge in [0, 0.05) is 10.7 Å². The number of nitrogens with zero attached hydrogens (tertiary/aromatic N) is 4. The lowest BCUT2D eigenvalue weighted by Crippen LogP contribution is -2.06. The Labute approximate surface area is 149 Å². The Morgan fingerprint density at radius 3 is 2.40 bits per heavy atom. The number of nitrogens with one attached hydrogen (secondary N) is 2. The largest absolute Gasteiger partial charge is 0.353 e. The smallest absolute Gasteiger partial charge is 0.332 e. The van der Waals surface area contributed by atoms with Crippen LogP contribution in [0, 0.1) is 15.9 Å². The van der Waals surface area contributed by atoms with E-state index in [9.17, 15) is 14.5 Å². The van der Waals surface area contributed by atoms with Crippen LogP contribution in [0.15, 0.2) is 53.4 Å². The fourth-order valence-electron chi connectivity index (χ4n) is 2.00. The number of para-hydroxylation sites is 1. The summed E-state index contributed by atoms with van der Waals surface area (Å²) in [6, 6.07) is 9.15. The van der Waals surface area contributed by atoms with Crippen molar-refractivity contribution in [3.63, 3.8) is 0 Å². The molecule has 0 saturated carbocycles. The highest BCUT2D eigenvalue weighted by Crippen LogP contribution is 2.33. The summed E-state index contributed by atoms with van der Waals surface area (Å²) >= 11 is 3.25. The standard InChI is InChI=1S/C15H10BrFN6O2/c16-9-5-6-12(18-7-9)22-15-13(23(24)25)14(19-8-20-15)21-11-4-2-1-3-10(11)17/h1-8H,(H2,18,19,20,21,22). The van der Waals surface area contributed by atoms with Gasteiger partial charge in [0.1, 0.15) is 18.0 Å². The number of pyridine rings is 1. The van der Waals surface area contributed by atoms with E-state index in [1.165, 1.54) is 24.4 Å². The van der Waals surface area contributed by atoms with Crippen molar-refractivity contribution in [2.75, 3.05) is 10.6 Å². The second kappa shape index (κ2) is 7.18. The molecule has 126 valence electrons. The minimum atomic E-state index is -0.648. The summed E-state index contributed by atoms with van der Waals surface area (Å²) in [4.78, 5) is 22.7. The average molecular weight is 405 g/mol. The number of hydrogen-bond donors (Lipinski definition) is 2. The highest BCUT2D eigenvalue weighted by atomic mass is 79.9. The lowest BCUT2D eigenvalue weighted by Gasteiger charge is -2.10. The first-order chi connectivity index (χ1) is 12.0. The molecule has 2 heterocycles. The maximum Gasteiger partial charge on any atom is 0.353 e. The molecular weight excluding hydrogens is 395 g/mol. The van der Waals surface area contributed by atoms with Gasteiger partial charge in [-0.15, -0.1) is 0 Å². The van der Waals surface area contributed by atoms with Crippen LogP contribution >= 0.6 is 15.9 Å². The van der Waals surface area contributed by atoms with Crippen LogP contribution in [-0.2, 0) is 0 Å². The van der Waals surface area contributed by atoms with E-state index in [0.29, 0.717) is 5.82 Å². The van der Waals surface area contributed by atoms with Crippen LogP contribution in [0.1, 0.15) is 0 Å². The zero-order valence-corrected chi connectivity index (χ0v) is 14.1. The van der Waals surface area contributed by atoms with Crippen LogP contribution in [0.4, 0.5) is 33.2 Å². The second-order valence-corrected chi connectivity index (χ2v) is 5.68. The Balaban J connectivity index is 1.98. The minimum Gasteiger partial charge on any atom is -0.332 e. The molecule has 2 N–H and O–H groups in total. The molecule has 25 heavy (non-hydrogen) atoms. The van der Waals surface area contributed by atoms with Gasteiger partial charge in [-0.1, -0.05) is 12.1 Å². The molecule has 10 heteroatoms. The molecule has 3 aromatic rings. The third-order valence-electron chi connectivity index (χ3n) is 3.11. The summed E-state index contributed by atoms with van der Waals surface area (Å²) in [5, 5.41) is 16.9. The summed E-state index contributed by atoms with van der Waals surface area (Å²) in [7, 11) is 0. The van der Waals surface area contributed by atoms with Gasteiger partial charge in [-0.3, -0.25) is 10.1 Å². The highest BCUT2D eigenvalue weighted by Gasteiger charge is 2.24. The molecule has 0 radical (unpaired) electrons. The van der Waals surface area contributed by atoms with Crippen molar-refractivity contribution in [3.05, 3.63) is 69.3 Å². The summed E-state index contributed by atoms with van der Waals surface area (Å²) < 4.78 is 14.5. The predicted octanol–water partition coefficient (Wildman–Crippen LogP) is 4.17. The Kier molecular flexibility index (Phi) is 4.80. The van der Waals surface area contributed by atoms with Crippen molar-refractivity contribution in [1.82, 2.24) is 15.0 Å². The Hall–Kier alpha value is -3.14. The molecular formula is C15H10BrFN6O2. The molecule has 0 unspecified atom stereocenters. The fourth-order valence-corrected chi connectivity index (χ4v) is 2.23. The van der Waals surface area contributed by atoms with Gasteiger partial charge < -0.3 is 10.6 Å². The van der Waals surface area contributed by atoms with Gasteiger partial charge in [0.05, 0.1) is 10.6 Å². The molecule has 0 atom stereocenters. The number of nitro groups is 1. The van der Waals surface area contributed by atoms with Crippen molar-refractivity contribution >= 4 is 44.8 Å². The zero-order chi connectivity index (χ0) is 17.8. The molecule has 0 fully saturated rings. The summed E-state index contributed by atoms with van der Waals surface area (Å²) in [5.74, 6) is -0.389. The van der Waals surface area contributed by atoms with Gasteiger partial charge in [0.25, 0.3) is 0 Å². The SMILES string of the molecule is O=[N+]([O-])c1c(Nc2ccc(Br)cn2)ncnc1Nc1ccccc1F. The summed E-state index contributed by atoms with van der Waals surface area (Å²) in [6.45, 7) is 0. The summed E-state index contributed by atoms with van der Waals surface area (Å²) in [5.41, 5.74) is -0.354. The Bertz CT molecular complexity index is 922. The van der Waals surface area contributed by atoms with Gasteiger partial charge in [-0.25, -0.2) is 19.3 Å². The maximum absolute atomic E-state index is 13.8. The molecule has 0 amide bonds. The van der Waals surface area contributed by atoms with E-state index in [4.69, 9.17) is 0 Å². The van der Waals surface area contributed by atoms with Crippen LogP contribution in [-0.4, -0.2) is 19.9 Å². The second-order valence-electron chi connectivity index (χ2n) is 4.77. The summed E-state index contributed by atoms with van der Waals surface area (Å²) in [6.07, 6.45) is 2.67. The van der Waals surface area contributed by atoms with Crippen molar-refractivity contribution in [2.24, 2.45) is 0 Å². The first-order valence-electron chi connectivity index (χ1n) is 6.94. The van der Waals surface area contributed by atoms with Crippen LogP contribution in [0.25, 0.3) is 0 Å². The molecule has 8 nitrogen and oxygen atoms in total. The van der Waals surface area contributed by atoms with Crippen molar-refractivity contribution in [1.29, 1.82) is 0 Å². The van der Waals surface area contributed by atoms with Crippen molar-refractivity contribution in [2.45, 2.75) is 0 Å².